The number of nitrogens with two attached hydrogens (primary N) is 1. The van der Waals surface area contributed by atoms with Gasteiger partial charge >= 0.3 is 0 Å². The molecule has 5 heteroatoms. The van der Waals surface area contributed by atoms with Gasteiger partial charge < -0.3 is 5.73 Å². The van der Waals surface area contributed by atoms with Crippen LogP contribution in [0.1, 0.15) is 25.0 Å². The SMILES string of the molecule is Cc1cccc(NS(=O)(=O)C(C)C)c1CN. The van der Waals surface area contributed by atoms with Crippen molar-refractivity contribution in [1.29, 1.82) is 0 Å². The molecule has 16 heavy (non-hydrogen) atoms. The Morgan fingerprint density at radius 3 is 2.50 bits per heavy atom. The first kappa shape index (κ1) is 13.0. The number of sulfonamides is 1. The minimum Gasteiger partial charge on any atom is -0.326 e. The van der Waals surface area contributed by atoms with E-state index in [4.69, 9.17) is 5.73 Å². The van der Waals surface area contributed by atoms with E-state index < -0.39 is 15.3 Å². The smallest absolute Gasteiger partial charge is 0.235 e. The van der Waals surface area contributed by atoms with Crippen LogP contribution in [0.15, 0.2) is 18.2 Å². The van der Waals surface area contributed by atoms with Gasteiger partial charge in [-0.1, -0.05) is 12.1 Å². The number of hydrogen-bond acceptors (Lipinski definition) is 3. The quantitative estimate of drug-likeness (QED) is 0.842. The normalized spacial score (nSPS) is 11.8. The molecule has 0 bridgehead atoms. The van der Waals surface area contributed by atoms with E-state index in [9.17, 15) is 8.42 Å². The van der Waals surface area contributed by atoms with Crippen molar-refractivity contribution in [3.05, 3.63) is 29.3 Å². The summed E-state index contributed by atoms with van der Waals surface area (Å²) in [6.45, 7) is 5.51. The molecule has 0 aliphatic heterocycles. The maximum Gasteiger partial charge on any atom is 0.235 e. The van der Waals surface area contributed by atoms with E-state index in [1.807, 2.05) is 19.1 Å². The van der Waals surface area contributed by atoms with E-state index in [0.717, 1.165) is 11.1 Å². The van der Waals surface area contributed by atoms with Gasteiger partial charge in [-0.15, -0.1) is 0 Å². The molecule has 3 N–H and O–H groups in total. The van der Waals surface area contributed by atoms with Gasteiger partial charge in [-0.25, -0.2) is 8.42 Å². The minimum absolute atomic E-state index is 0.322. The van der Waals surface area contributed by atoms with E-state index >= 15 is 0 Å². The fraction of sp³-hybridized carbons (Fsp3) is 0.455. The Balaban J connectivity index is 3.12. The Bertz CT molecular complexity index is 467. The van der Waals surface area contributed by atoms with Crippen molar-refractivity contribution >= 4 is 15.7 Å². The van der Waals surface area contributed by atoms with Crippen LogP contribution >= 0.6 is 0 Å². The summed E-state index contributed by atoms with van der Waals surface area (Å²) in [6, 6.07) is 5.46. The number of nitrogens with one attached hydrogen (secondary N) is 1. The van der Waals surface area contributed by atoms with Crippen molar-refractivity contribution in [2.45, 2.75) is 32.6 Å². The summed E-state index contributed by atoms with van der Waals surface area (Å²) in [5.41, 5.74) is 8.02. The van der Waals surface area contributed by atoms with Crippen molar-refractivity contribution in [1.82, 2.24) is 0 Å². The van der Waals surface area contributed by atoms with Gasteiger partial charge in [-0.05, 0) is 38.0 Å². The highest BCUT2D eigenvalue weighted by molar-refractivity contribution is 7.93. The first-order valence-electron chi connectivity index (χ1n) is 5.18. The fourth-order valence-corrected chi connectivity index (χ4v) is 2.07. The molecule has 0 saturated heterocycles. The summed E-state index contributed by atoms with van der Waals surface area (Å²) in [4.78, 5) is 0. The van der Waals surface area contributed by atoms with E-state index in [1.54, 1.807) is 19.9 Å². The number of aryl methyl sites for hydroxylation is 1. The van der Waals surface area contributed by atoms with Gasteiger partial charge in [0.2, 0.25) is 10.0 Å². The Morgan fingerprint density at radius 2 is 2.00 bits per heavy atom. The molecule has 0 aromatic heterocycles. The second kappa shape index (κ2) is 4.84. The molecule has 0 aliphatic carbocycles. The summed E-state index contributed by atoms with van der Waals surface area (Å²) in [5.74, 6) is 0. The van der Waals surface area contributed by atoms with Crippen molar-refractivity contribution in [3.8, 4) is 0 Å². The average Bonchev–Trinajstić information content (AvgIpc) is 2.17. The van der Waals surface area contributed by atoms with Crippen LogP contribution in [-0.2, 0) is 16.6 Å². The molecule has 1 aromatic carbocycles. The lowest BCUT2D eigenvalue weighted by atomic mass is 10.1. The minimum atomic E-state index is -3.31. The summed E-state index contributed by atoms with van der Waals surface area (Å²) in [7, 11) is -3.31. The van der Waals surface area contributed by atoms with Gasteiger partial charge in [0.1, 0.15) is 0 Å². The van der Waals surface area contributed by atoms with Crippen LogP contribution in [-0.4, -0.2) is 13.7 Å². The second-order valence-electron chi connectivity index (χ2n) is 4.00. The van der Waals surface area contributed by atoms with Gasteiger partial charge in [0.15, 0.2) is 0 Å². The maximum absolute atomic E-state index is 11.7. The molecular weight excluding hydrogens is 224 g/mol. The standard InChI is InChI=1S/C11H18N2O2S/c1-8(2)16(14,15)13-11-6-4-5-9(3)10(11)7-12/h4-6,8,13H,7,12H2,1-3H3. The van der Waals surface area contributed by atoms with Crippen molar-refractivity contribution in [3.63, 3.8) is 0 Å². The highest BCUT2D eigenvalue weighted by atomic mass is 32.2. The van der Waals surface area contributed by atoms with Crippen LogP contribution in [0.3, 0.4) is 0 Å². The molecule has 4 nitrogen and oxygen atoms in total. The molecule has 1 aromatic rings. The molecule has 0 atom stereocenters. The second-order valence-corrected chi connectivity index (χ2v) is 6.24. The van der Waals surface area contributed by atoms with Gasteiger partial charge in [-0.2, -0.15) is 0 Å². The summed E-state index contributed by atoms with van der Waals surface area (Å²) in [5, 5.41) is -0.460. The average molecular weight is 242 g/mol. The zero-order valence-electron chi connectivity index (χ0n) is 9.82. The molecule has 0 saturated carbocycles. The van der Waals surface area contributed by atoms with Crippen molar-refractivity contribution in [2.24, 2.45) is 5.73 Å². The molecule has 0 radical (unpaired) electrons. The predicted octanol–water partition coefficient (Wildman–Crippen LogP) is 1.60. The van der Waals surface area contributed by atoms with Crippen molar-refractivity contribution < 1.29 is 8.42 Å². The monoisotopic (exact) mass is 242 g/mol. The van der Waals surface area contributed by atoms with Crippen LogP contribution in [0, 0.1) is 6.92 Å². The largest absolute Gasteiger partial charge is 0.326 e. The van der Waals surface area contributed by atoms with Crippen LogP contribution in [0.25, 0.3) is 0 Å². The highest BCUT2D eigenvalue weighted by Gasteiger charge is 2.17. The maximum atomic E-state index is 11.7. The van der Waals surface area contributed by atoms with Crippen LogP contribution in [0.2, 0.25) is 0 Å². The van der Waals surface area contributed by atoms with E-state index in [-0.39, 0.29) is 0 Å². The molecule has 0 amide bonds. The van der Waals surface area contributed by atoms with Crippen molar-refractivity contribution in [2.75, 3.05) is 4.72 Å². The first-order chi connectivity index (χ1) is 7.38. The van der Waals surface area contributed by atoms with Gasteiger partial charge in [-0.3, -0.25) is 4.72 Å². The van der Waals surface area contributed by atoms with Crippen LogP contribution < -0.4 is 10.5 Å². The Hall–Kier alpha value is -1.07. The zero-order chi connectivity index (χ0) is 12.3. The zero-order valence-corrected chi connectivity index (χ0v) is 10.6. The van der Waals surface area contributed by atoms with Gasteiger partial charge in [0.05, 0.1) is 10.9 Å². The number of benzene rings is 1. The lowest BCUT2D eigenvalue weighted by Gasteiger charge is -2.15. The van der Waals surface area contributed by atoms with Gasteiger partial charge in [0.25, 0.3) is 0 Å². The molecule has 0 heterocycles. The Kier molecular flexibility index (Phi) is 3.93. The van der Waals surface area contributed by atoms with E-state index in [2.05, 4.69) is 4.72 Å². The third kappa shape index (κ3) is 2.74. The number of hydrogen-bond donors (Lipinski definition) is 2. The molecule has 90 valence electrons. The predicted molar refractivity (Wildman–Crippen MR) is 66.7 cm³/mol. The number of rotatable bonds is 4. The first-order valence-corrected chi connectivity index (χ1v) is 6.73. The molecule has 0 aliphatic rings. The van der Waals surface area contributed by atoms with Crippen LogP contribution in [0.5, 0.6) is 0 Å². The third-order valence-electron chi connectivity index (χ3n) is 2.49. The molecular formula is C11H18N2O2S. The molecule has 0 fully saturated rings. The van der Waals surface area contributed by atoms with Crippen LogP contribution in [0.4, 0.5) is 5.69 Å². The third-order valence-corrected chi connectivity index (χ3v) is 4.23. The number of anilines is 1. The fourth-order valence-electron chi connectivity index (χ4n) is 1.34. The molecule has 0 spiro atoms. The Labute approximate surface area is 96.9 Å². The lowest BCUT2D eigenvalue weighted by molar-refractivity contribution is 0.592. The Morgan fingerprint density at radius 1 is 1.38 bits per heavy atom. The molecule has 1 rings (SSSR count). The topological polar surface area (TPSA) is 72.2 Å². The highest BCUT2D eigenvalue weighted by Crippen LogP contribution is 2.20. The van der Waals surface area contributed by atoms with E-state index in [1.165, 1.54) is 0 Å². The lowest BCUT2D eigenvalue weighted by Crippen LogP contribution is -2.23. The summed E-state index contributed by atoms with van der Waals surface area (Å²) >= 11 is 0. The van der Waals surface area contributed by atoms with Gasteiger partial charge in [0, 0.05) is 6.54 Å². The molecule has 0 unspecified atom stereocenters. The summed E-state index contributed by atoms with van der Waals surface area (Å²) < 4.78 is 26.0. The van der Waals surface area contributed by atoms with E-state index in [0.29, 0.717) is 12.2 Å². The summed E-state index contributed by atoms with van der Waals surface area (Å²) in [6.07, 6.45) is 0.